The molecule has 0 aliphatic carbocycles. The van der Waals surface area contributed by atoms with Crippen molar-refractivity contribution in [2.45, 2.75) is 20.8 Å². The van der Waals surface area contributed by atoms with E-state index in [4.69, 9.17) is 5.26 Å². The SMILES string of the molecule is CCS(=O)(=O)CCNc1nnc(C)c(C)c1C#N. The zero-order valence-electron chi connectivity index (χ0n) is 10.7. The highest BCUT2D eigenvalue weighted by molar-refractivity contribution is 7.91. The van der Waals surface area contributed by atoms with Crippen LogP contribution in [0.5, 0.6) is 0 Å². The molecule has 1 aromatic rings. The molecular formula is C11H16N4O2S. The molecule has 0 spiro atoms. The van der Waals surface area contributed by atoms with Crippen LogP contribution >= 0.6 is 0 Å². The Kier molecular flexibility index (Phi) is 4.62. The van der Waals surface area contributed by atoms with Crippen LogP contribution in [-0.4, -0.2) is 36.7 Å². The molecule has 0 saturated carbocycles. The summed E-state index contributed by atoms with van der Waals surface area (Å²) in [6.45, 7) is 5.39. The van der Waals surface area contributed by atoms with Crippen LogP contribution in [0.15, 0.2) is 0 Å². The molecule has 0 bridgehead atoms. The average molecular weight is 268 g/mol. The van der Waals surface area contributed by atoms with E-state index in [1.807, 2.05) is 0 Å². The van der Waals surface area contributed by atoms with Crippen LogP contribution in [0.2, 0.25) is 0 Å². The van der Waals surface area contributed by atoms with Gasteiger partial charge in [-0.3, -0.25) is 0 Å². The van der Waals surface area contributed by atoms with Crippen molar-refractivity contribution in [2.24, 2.45) is 0 Å². The number of rotatable bonds is 5. The smallest absolute Gasteiger partial charge is 0.166 e. The Morgan fingerprint density at radius 2 is 2.00 bits per heavy atom. The maximum absolute atomic E-state index is 11.3. The van der Waals surface area contributed by atoms with E-state index < -0.39 is 9.84 Å². The first-order valence-corrected chi connectivity index (χ1v) is 7.41. The van der Waals surface area contributed by atoms with Gasteiger partial charge in [0, 0.05) is 12.3 Å². The maximum atomic E-state index is 11.3. The Morgan fingerprint density at radius 1 is 1.33 bits per heavy atom. The fraction of sp³-hybridized carbons (Fsp3) is 0.545. The highest BCUT2D eigenvalue weighted by Crippen LogP contribution is 2.16. The molecule has 0 atom stereocenters. The summed E-state index contributed by atoms with van der Waals surface area (Å²) in [5, 5.41) is 19.7. The van der Waals surface area contributed by atoms with Crippen LogP contribution in [0, 0.1) is 25.2 Å². The van der Waals surface area contributed by atoms with E-state index in [9.17, 15) is 8.42 Å². The number of nitriles is 1. The summed E-state index contributed by atoms with van der Waals surface area (Å²) >= 11 is 0. The third-order valence-corrected chi connectivity index (χ3v) is 4.42. The van der Waals surface area contributed by atoms with E-state index in [-0.39, 0.29) is 18.1 Å². The molecule has 0 aromatic carbocycles. The normalized spacial score (nSPS) is 11.0. The Bertz CT molecular complexity index is 575. The first kappa shape index (κ1) is 14.4. The van der Waals surface area contributed by atoms with E-state index in [0.717, 1.165) is 5.56 Å². The van der Waals surface area contributed by atoms with E-state index in [1.165, 1.54) is 0 Å². The quantitative estimate of drug-likeness (QED) is 0.849. The minimum absolute atomic E-state index is 0.0168. The average Bonchev–Trinajstić information content (AvgIpc) is 2.34. The molecule has 0 amide bonds. The monoisotopic (exact) mass is 268 g/mol. The molecule has 18 heavy (non-hydrogen) atoms. The zero-order valence-corrected chi connectivity index (χ0v) is 11.5. The first-order chi connectivity index (χ1) is 8.41. The summed E-state index contributed by atoms with van der Waals surface area (Å²) in [6, 6.07) is 2.05. The zero-order chi connectivity index (χ0) is 13.8. The Labute approximate surface area is 107 Å². The van der Waals surface area contributed by atoms with Crippen LogP contribution in [0.3, 0.4) is 0 Å². The van der Waals surface area contributed by atoms with Crippen molar-refractivity contribution >= 4 is 15.7 Å². The third-order valence-electron chi connectivity index (χ3n) is 2.71. The molecule has 0 aliphatic heterocycles. The van der Waals surface area contributed by atoms with Gasteiger partial charge in [-0.15, -0.1) is 5.10 Å². The Hall–Kier alpha value is -1.68. The van der Waals surface area contributed by atoms with Gasteiger partial charge in [0.15, 0.2) is 15.7 Å². The molecule has 98 valence electrons. The van der Waals surface area contributed by atoms with Crippen LogP contribution < -0.4 is 5.32 Å². The van der Waals surface area contributed by atoms with E-state index in [2.05, 4.69) is 21.6 Å². The highest BCUT2D eigenvalue weighted by atomic mass is 32.2. The number of nitrogens with zero attached hydrogens (tertiary/aromatic N) is 3. The largest absolute Gasteiger partial charge is 0.366 e. The van der Waals surface area contributed by atoms with Gasteiger partial charge in [0.05, 0.1) is 11.4 Å². The Balaban J connectivity index is 2.81. The molecular weight excluding hydrogens is 252 g/mol. The number of anilines is 1. The van der Waals surface area contributed by atoms with Gasteiger partial charge in [-0.2, -0.15) is 10.4 Å². The van der Waals surface area contributed by atoms with Gasteiger partial charge < -0.3 is 5.32 Å². The van der Waals surface area contributed by atoms with Gasteiger partial charge in [-0.1, -0.05) is 6.92 Å². The lowest BCUT2D eigenvalue weighted by Crippen LogP contribution is -2.18. The van der Waals surface area contributed by atoms with Crippen LogP contribution in [0.1, 0.15) is 23.7 Å². The lowest BCUT2D eigenvalue weighted by molar-refractivity contribution is 0.597. The molecule has 1 aromatic heterocycles. The Morgan fingerprint density at radius 3 is 2.56 bits per heavy atom. The third kappa shape index (κ3) is 3.40. The van der Waals surface area contributed by atoms with Gasteiger partial charge in [-0.05, 0) is 19.4 Å². The van der Waals surface area contributed by atoms with Crippen molar-refractivity contribution in [2.75, 3.05) is 23.4 Å². The molecule has 7 heteroatoms. The van der Waals surface area contributed by atoms with Crippen molar-refractivity contribution in [1.29, 1.82) is 5.26 Å². The first-order valence-electron chi connectivity index (χ1n) is 5.59. The number of aromatic nitrogens is 2. The molecule has 0 unspecified atom stereocenters. The summed E-state index contributed by atoms with van der Waals surface area (Å²) in [5.41, 5.74) is 1.86. The minimum atomic E-state index is -3.02. The van der Waals surface area contributed by atoms with Crippen molar-refractivity contribution in [3.63, 3.8) is 0 Å². The summed E-state index contributed by atoms with van der Waals surface area (Å²) in [5.74, 6) is 0.466. The predicted molar refractivity (Wildman–Crippen MR) is 69.0 cm³/mol. The number of nitrogens with one attached hydrogen (secondary N) is 1. The van der Waals surface area contributed by atoms with Gasteiger partial charge in [0.25, 0.3) is 0 Å². The van der Waals surface area contributed by atoms with Gasteiger partial charge in [0.2, 0.25) is 0 Å². The van der Waals surface area contributed by atoms with Gasteiger partial charge in [-0.25, -0.2) is 8.42 Å². The number of sulfone groups is 1. The van der Waals surface area contributed by atoms with Gasteiger partial charge >= 0.3 is 0 Å². The van der Waals surface area contributed by atoms with Crippen molar-refractivity contribution < 1.29 is 8.42 Å². The fourth-order valence-corrected chi connectivity index (χ4v) is 2.04. The number of hydrogen-bond donors (Lipinski definition) is 1. The molecule has 1 N–H and O–H groups in total. The summed E-state index contributed by atoms with van der Waals surface area (Å²) < 4.78 is 22.6. The maximum Gasteiger partial charge on any atom is 0.166 e. The second-order valence-electron chi connectivity index (χ2n) is 3.91. The minimum Gasteiger partial charge on any atom is -0.366 e. The predicted octanol–water partition coefficient (Wildman–Crippen LogP) is 0.812. The van der Waals surface area contributed by atoms with Crippen molar-refractivity contribution in [1.82, 2.24) is 10.2 Å². The summed E-state index contributed by atoms with van der Waals surface area (Å²) in [4.78, 5) is 0. The highest BCUT2D eigenvalue weighted by Gasteiger charge is 2.12. The van der Waals surface area contributed by atoms with Crippen molar-refractivity contribution in [3.8, 4) is 6.07 Å². The molecule has 1 rings (SSSR count). The van der Waals surface area contributed by atoms with Crippen LogP contribution in [0.25, 0.3) is 0 Å². The number of hydrogen-bond acceptors (Lipinski definition) is 6. The standard InChI is InChI=1S/C11H16N4O2S/c1-4-18(16,17)6-5-13-11-10(7-12)8(2)9(3)14-15-11/h4-6H2,1-3H3,(H,13,15). The van der Waals surface area contributed by atoms with E-state index >= 15 is 0 Å². The van der Waals surface area contributed by atoms with Crippen LogP contribution in [-0.2, 0) is 9.84 Å². The second-order valence-corrected chi connectivity index (χ2v) is 6.38. The van der Waals surface area contributed by atoms with E-state index in [0.29, 0.717) is 17.1 Å². The topological polar surface area (TPSA) is 95.7 Å². The van der Waals surface area contributed by atoms with Gasteiger partial charge in [0.1, 0.15) is 11.6 Å². The van der Waals surface area contributed by atoms with E-state index in [1.54, 1.807) is 20.8 Å². The van der Waals surface area contributed by atoms with Crippen LogP contribution in [0.4, 0.5) is 5.82 Å². The lowest BCUT2D eigenvalue weighted by atomic mass is 10.1. The van der Waals surface area contributed by atoms with Crippen molar-refractivity contribution in [3.05, 3.63) is 16.8 Å². The molecule has 0 aliphatic rings. The lowest BCUT2D eigenvalue weighted by Gasteiger charge is -2.09. The molecule has 0 radical (unpaired) electrons. The fourth-order valence-electron chi connectivity index (χ4n) is 1.34. The molecule has 1 heterocycles. The summed E-state index contributed by atoms with van der Waals surface area (Å²) in [7, 11) is -3.02. The molecule has 0 fully saturated rings. The number of aryl methyl sites for hydroxylation is 1. The molecule has 6 nitrogen and oxygen atoms in total. The molecule has 0 saturated heterocycles. The second kappa shape index (κ2) is 5.78. The summed E-state index contributed by atoms with van der Waals surface area (Å²) in [6.07, 6.45) is 0.